The van der Waals surface area contributed by atoms with Crippen molar-refractivity contribution in [3.05, 3.63) is 24.3 Å². The molecule has 0 fully saturated rings. The van der Waals surface area contributed by atoms with Crippen LogP contribution in [0.15, 0.2) is 24.3 Å². The fraction of sp³-hybridized carbons (Fsp3) is 0.667. The van der Waals surface area contributed by atoms with Crippen LogP contribution in [0.4, 0.5) is 0 Å². The largest absolute Gasteiger partial charge is 0.387 e. The molecule has 0 aromatic rings. The number of aliphatic hydroxyl groups is 6. The van der Waals surface area contributed by atoms with Gasteiger partial charge in [-0.05, 0) is 0 Å². The van der Waals surface area contributed by atoms with E-state index in [1.165, 1.54) is 24.3 Å². The van der Waals surface area contributed by atoms with E-state index in [0.717, 1.165) is 0 Å². The molecule has 2 rings (SSSR count). The Morgan fingerprint density at radius 1 is 0.526 bits per heavy atom. The molecule has 0 spiro atoms. The van der Waals surface area contributed by atoms with Crippen LogP contribution >= 0.6 is 0 Å². The molecule has 6 N–H and O–H groups in total. The predicted octanol–water partition coefficient (Wildman–Crippen LogP) is -2.95. The van der Waals surface area contributed by atoms with Crippen LogP contribution in [-0.4, -0.2) is 79.5 Å². The first-order chi connectivity index (χ1) is 8.91. The Bertz CT molecular complexity index is 335. The second-order valence-electron chi connectivity index (χ2n) is 4.78. The van der Waals surface area contributed by atoms with Crippen molar-refractivity contribution in [1.29, 1.82) is 0 Å². The van der Waals surface area contributed by atoms with Gasteiger partial charge in [-0.25, -0.2) is 0 Å². The van der Waals surface area contributed by atoms with Crippen molar-refractivity contribution >= 4 is 0 Å². The first-order valence-electron chi connectivity index (χ1n) is 6.02. The van der Waals surface area contributed by atoms with Crippen LogP contribution in [0.5, 0.6) is 0 Å². The molecule has 0 saturated carbocycles. The molecule has 0 amide bonds. The van der Waals surface area contributed by atoms with Crippen molar-refractivity contribution in [2.75, 3.05) is 0 Å². The van der Waals surface area contributed by atoms with Gasteiger partial charge in [-0.1, -0.05) is 24.3 Å². The molecular formula is C12H18O7. The van der Waals surface area contributed by atoms with Gasteiger partial charge in [0.25, 0.3) is 0 Å². The topological polar surface area (TPSA) is 131 Å². The fourth-order valence-electron chi connectivity index (χ4n) is 2.13. The number of hydrogen-bond donors (Lipinski definition) is 6. The van der Waals surface area contributed by atoms with E-state index in [1.807, 2.05) is 0 Å². The maximum Gasteiger partial charge on any atom is 0.112 e. The third kappa shape index (κ3) is 2.87. The van der Waals surface area contributed by atoms with Crippen molar-refractivity contribution in [1.82, 2.24) is 0 Å². The summed E-state index contributed by atoms with van der Waals surface area (Å²) in [6, 6.07) is 0. The first kappa shape index (κ1) is 14.6. The van der Waals surface area contributed by atoms with Crippen LogP contribution in [0.25, 0.3) is 0 Å². The summed E-state index contributed by atoms with van der Waals surface area (Å²) in [6.45, 7) is 0. The quantitative estimate of drug-likeness (QED) is 0.297. The van der Waals surface area contributed by atoms with Crippen LogP contribution in [0, 0.1) is 0 Å². The van der Waals surface area contributed by atoms with Crippen LogP contribution in [-0.2, 0) is 4.74 Å². The molecule has 0 aromatic carbocycles. The molecule has 2 aliphatic carbocycles. The summed E-state index contributed by atoms with van der Waals surface area (Å²) in [5.41, 5.74) is 0. The third-order valence-corrected chi connectivity index (χ3v) is 3.38. The lowest BCUT2D eigenvalue weighted by Crippen LogP contribution is -2.52. The van der Waals surface area contributed by atoms with Crippen molar-refractivity contribution in [2.24, 2.45) is 0 Å². The summed E-state index contributed by atoms with van der Waals surface area (Å²) < 4.78 is 5.38. The van der Waals surface area contributed by atoms with Crippen molar-refractivity contribution in [3.8, 4) is 0 Å². The smallest absolute Gasteiger partial charge is 0.112 e. The maximum atomic E-state index is 9.74. The number of ether oxygens (including phenoxy) is 1. The minimum Gasteiger partial charge on any atom is -0.387 e. The van der Waals surface area contributed by atoms with E-state index < -0.39 is 48.8 Å². The van der Waals surface area contributed by atoms with E-state index in [0.29, 0.717) is 0 Å². The van der Waals surface area contributed by atoms with E-state index in [-0.39, 0.29) is 0 Å². The second-order valence-corrected chi connectivity index (χ2v) is 4.78. The number of aliphatic hydroxyl groups excluding tert-OH is 6. The summed E-state index contributed by atoms with van der Waals surface area (Å²) in [5, 5.41) is 57.1. The van der Waals surface area contributed by atoms with Crippen molar-refractivity contribution < 1.29 is 35.4 Å². The highest BCUT2D eigenvalue weighted by molar-refractivity contribution is 5.12. The van der Waals surface area contributed by atoms with Gasteiger partial charge >= 0.3 is 0 Å². The molecule has 108 valence electrons. The van der Waals surface area contributed by atoms with E-state index >= 15 is 0 Å². The Morgan fingerprint density at radius 3 is 1.26 bits per heavy atom. The summed E-state index contributed by atoms with van der Waals surface area (Å²) in [4.78, 5) is 0. The van der Waals surface area contributed by atoms with Crippen LogP contribution in [0.3, 0.4) is 0 Å². The van der Waals surface area contributed by atoms with Crippen molar-refractivity contribution in [2.45, 2.75) is 48.8 Å². The minimum atomic E-state index is -1.38. The SMILES string of the molecule is O[C@H]1[C@H](O)[C@@H](O[C@H]2C=C[C@@H](O)[C@@H](O)[C@@H]2O)C=C[C@H]1O. The molecule has 7 heteroatoms. The summed E-state index contributed by atoms with van der Waals surface area (Å²) in [5.74, 6) is 0. The van der Waals surface area contributed by atoms with Crippen LogP contribution < -0.4 is 0 Å². The molecule has 8 atom stereocenters. The molecular weight excluding hydrogens is 256 g/mol. The van der Waals surface area contributed by atoms with Gasteiger partial charge < -0.3 is 35.4 Å². The molecule has 7 nitrogen and oxygen atoms in total. The minimum absolute atomic E-state index is 0.926. The molecule has 0 unspecified atom stereocenters. The average Bonchev–Trinajstić information content (AvgIpc) is 2.39. The highest BCUT2D eigenvalue weighted by Crippen LogP contribution is 2.22. The van der Waals surface area contributed by atoms with Crippen LogP contribution in [0.1, 0.15) is 0 Å². The molecule has 0 aromatic heterocycles. The zero-order valence-electron chi connectivity index (χ0n) is 10.0. The zero-order chi connectivity index (χ0) is 14.2. The van der Waals surface area contributed by atoms with E-state index in [4.69, 9.17) is 4.74 Å². The van der Waals surface area contributed by atoms with Gasteiger partial charge in [0.1, 0.15) is 48.8 Å². The Labute approximate surface area is 109 Å². The van der Waals surface area contributed by atoms with Gasteiger partial charge in [0.05, 0.1) is 0 Å². The van der Waals surface area contributed by atoms with Gasteiger partial charge in [0.2, 0.25) is 0 Å². The molecule has 0 saturated heterocycles. The normalized spacial score (nSPS) is 50.4. The standard InChI is InChI=1S/C12H18O7/c13-5-1-3-7(11(17)9(5)15)19-8-4-2-6(14)10(16)12(8)18/h1-18H/t5-,6-,7+,8+,9-,10-,11-,12-/m1/s1. The van der Waals surface area contributed by atoms with Gasteiger partial charge in [-0.15, -0.1) is 0 Å². The van der Waals surface area contributed by atoms with Gasteiger partial charge in [0.15, 0.2) is 0 Å². The molecule has 0 heterocycles. The number of rotatable bonds is 2. The van der Waals surface area contributed by atoms with Gasteiger partial charge in [-0.3, -0.25) is 0 Å². The zero-order valence-corrected chi connectivity index (χ0v) is 10.0. The Balaban J connectivity index is 2.05. The third-order valence-electron chi connectivity index (χ3n) is 3.38. The molecule has 19 heavy (non-hydrogen) atoms. The molecule has 0 radical (unpaired) electrons. The summed E-state index contributed by atoms with van der Waals surface area (Å²) in [6.07, 6.45) is -4.32. The highest BCUT2D eigenvalue weighted by Gasteiger charge is 2.39. The maximum absolute atomic E-state index is 9.74. The first-order valence-corrected chi connectivity index (χ1v) is 6.02. The lowest BCUT2D eigenvalue weighted by Gasteiger charge is -2.36. The van der Waals surface area contributed by atoms with E-state index in [2.05, 4.69) is 0 Å². The summed E-state index contributed by atoms with van der Waals surface area (Å²) in [7, 11) is 0. The van der Waals surface area contributed by atoms with Gasteiger partial charge in [0, 0.05) is 0 Å². The van der Waals surface area contributed by atoms with Crippen LogP contribution in [0.2, 0.25) is 0 Å². The van der Waals surface area contributed by atoms with Gasteiger partial charge in [-0.2, -0.15) is 0 Å². The lowest BCUT2D eigenvalue weighted by atomic mass is 9.93. The molecule has 2 aliphatic rings. The fourth-order valence-corrected chi connectivity index (χ4v) is 2.13. The molecule has 0 aliphatic heterocycles. The van der Waals surface area contributed by atoms with E-state index in [9.17, 15) is 30.6 Å². The predicted molar refractivity (Wildman–Crippen MR) is 63.0 cm³/mol. The second kappa shape index (κ2) is 5.68. The van der Waals surface area contributed by atoms with E-state index in [1.54, 1.807) is 0 Å². The molecule has 0 bridgehead atoms. The lowest BCUT2D eigenvalue weighted by molar-refractivity contribution is -0.157. The monoisotopic (exact) mass is 274 g/mol. The summed E-state index contributed by atoms with van der Waals surface area (Å²) >= 11 is 0. The average molecular weight is 274 g/mol. The highest BCUT2D eigenvalue weighted by atomic mass is 16.5. The Morgan fingerprint density at radius 2 is 0.895 bits per heavy atom. The Hall–Kier alpha value is -0.800. The number of hydrogen-bond acceptors (Lipinski definition) is 7. The van der Waals surface area contributed by atoms with Crippen molar-refractivity contribution in [3.63, 3.8) is 0 Å². The Kier molecular flexibility index (Phi) is 4.36.